The number of nitrogens with one attached hydrogen (secondary N) is 1. The summed E-state index contributed by atoms with van der Waals surface area (Å²) in [7, 11) is 3.81. The van der Waals surface area contributed by atoms with Crippen LogP contribution in [0.1, 0.15) is 11.3 Å². The second-order valence-electron chi connectivity index (χ2n) is 3.87. The Bertz CT molecular complexity index is 495. The molecule has 0 saturated heterocycles. The maximum Gasteiger partial charge on any atom is 0.149 e. The van der Waals surface area contributed by atoms with Crippen molar-refractivity contribution in [2.75, 3.05) is 24.3 Å². The molecule has 5 heteroatoms. The molecule has 0 aromatic carbocycles. The first-order valence-electron chi connectivity index (χ1n) is 5.44. The van der Waals surface area contributed by atoms with Gasteiger partial charge in [-0.3, -0.25) is 4.98 Å². The van der Waals surface area contributed by atoms with Gasteiger partial charge in [0.05, 0.1) is 18.7 Å². The van der Waals surface area contributed by atoms with Crippen LogP contribution in [0.25, 0.3) is 0 Å². The maximum atomic E-state index is 5.27. The number of nitrogens with zero attached hydrogens (tertiary/aromatic N) is 3. The molecule has 0 bridgehead atoms. The lowest BCUT2D eigenvalue weighted by molar-refractivity contribution is 0.529. The van der Waals surface area contributed by atoms with Crippen molar-refractivity contribution >= 4 is 11.6 Å². The van der Waals surface area contributed by atoms with E-state index in [-0.39, 0.29) is 0 Å². The van der Waals surface area contributed by atoms with E-state index in [9.17, 15) is 0 Å². The van der Waals surface area contributed by atoms with E-state index in [0.29, 0.717) is 0 Å². The number of aromatic nitrogens is 2. The van der Waals surface area contributed by atoms with Gasteiger partial charge in [-0.05, 0) is 13.0 Å². The number of rotatable bonds is 4. The Morgan fingerprint density at radius 3 is 2.88 bits per heavy atom. The molecular formula is C12H16N4O. The molecule has 0 atom stereocenters. The molecule has 0 spiro atoms. The molecule has 2 heterocycles. The molecule has 2 aromatic heterocycles. The fourth-order valence-corrected chi connectivity index (χ4v) is 1.57. The summed E-state index contributed by atoms with van der Waals surface area (Å²) in [5.41, 5.74) is 1.16. The molecule has 0 saturated carbocycles. The second kappa shape index (κ2) is 4.86. The SMILES string of the molecule is CNc1cncc(N(C)Cc2ccoc2C)n1. The van der Waals surface area contributed by atoms with Crippen LogP contribution in [0.3, 0.4) is 0 Å². The summed E-state index contributed by atoms with van der Waals surface area (Å²) in [5.74, 6) is 2.53. The highest BCUT2D eigenvalue weighted by molar-refractivity contribution is 5.43. The summed E-state index contributed by atoms with van der Waals surface area (Å²) < 4.78 is 5.27. The van der Waals surface area contributed by atoms with Crippen LogP contribution in [-0.4, -0.2) is 24.1 Å². The third kappa shape index (κ3) is 2.55. The van der Waals surface area contributed by atoms with E-state index >= 15 is 0 Å². The van der Waals surface area contributed by atoms with Crippen LogP contribution in [0.4, 0.5) is 11.6 Å². The van der Waals surface area contributed by atoms with Crippen molar-refractivity contribution in [3.8, 4) is 0 Å². The van der Waals surface area contributed by atoms with Gasteiger partial charge in [0, 0.05) is 26.2 Å². The van der Waals surface area contributed by atoms with Crippen LogP contribution in [-0.2, 0) is 6.54 Å². The molecular weight excluding hydrogens is 216 g/mol. The molecule has 2 aromatic rings. The zero-order valence-corrected chi connectivity index (χ0v) is 10.3. The van der Waals surface area contributed by atoms with Crippen molar-refractivity contribution in [3.05, 3.63) is 36.0 Å². The Morgan fingerprint density at radius 1 is 1.41 bits per heavy atom. The molecule has 0 unspecified atom stereocenters. The minimum absolute atomic E-state index is 0.754. The van der Waals surface area contributed by atoms with Crippen molar-refractivity contribution in [2.24, 2.45) is 0 Å². The predicted octanol–water partition coefficient (Wildman–Crippen LogP) is 2.06. The molecule has 17 heavy (non-hydrogen) atoms. The smallest absolute Gasteiger partial charge is 0.149 e. The minimum atomic E-state index is 0.754. The normalized spacial score (nSPS) is 10.3. The highest BCUT2D eigenvalue weighted by Crippen LogP contribution is 2.16. The molecule has 0 amide bonds. The van der Waals surface area contributed by atoms with Crippen molar-refractivity contribution in [1.82, 2.24) is 9.97 Å². The van der Waals surface area contributed by atoms with E-state index in [1.807, 2.05) is 32.0 Å². The zero-order chi connectivity index (χ0) is 12.3. The van der Waals surface area contributed by atoms with Gasteiger partial charge >= 0.3 is 0 Å². The topological polar surface area (TPSA) is 54.2 Å². The third-order valence-electron chi connectivity index (χ3n) is 2.64. The number of hydrogen-bond donors (Lipinski definition) is 1. The fourth-order valence-electron chi connectivity index (χ4n) is 1.57. The van der Waals surface area contributed by atoms with E-state index in [1.165, 1.54) is 0 Å². The average Bonchev–Trinajstić information content (AvgIpc) is 2.75. The monoisotopic (exact) mass is 232 g/mol. The number of furan rings is 1. The van der Waals surface area contributed by atoms with Crippen LogP contribution in [0.2, 0.25) is 0 Å². The van der Waals surface area contributed by atoms with Crippen molar-refractivity contribution in [1.29, 1.82) is 0 Å². The minimum Gasteiger partial charge on any atom is -0.469 e. The number of anilines is 2. The standard InChI is InChI=1S/C12H16N4O/c1-9-10(4-5-17-9)8-16(3)12-7-14-6-11(13-2)15-12/h4-7H,8H2,1-3H3,(H,13,15). The lowest BCUT2D eigenvalue weighted by Crippen LogP contribution is -2.18. The first kappa shape index (κ1) is 11.4. The van der Waals surface area contributed by atoms with Gasteiger partial charge in [-0.2, -0.15) is 0 Å². The Labute approximate surface area is 100 Å². The first-order chi connectivity index (χ1) is 8.20. The van der Waals surface area contributed by atoms with E-state index in [2.05, 4.69) is 15.3 Å². The summed E-state index contributed by atoms with van der Waals surface area (Å²) in [4.78, 5) is 10.6. The van der Waals surface area contributed by atoms with Crippen LogP contribution in [0, 0.1) is 6.92 Å². The van der Waals surface area contributed by atoms with Gasteiger partial charge in [0.15, 0.2) is 0 Å². The maximum absolute atomic E-state index is 5.27. The zero-order valence-electron chi connectivity index (χ0n) is 10.3. The molecule has 0 aliphatic carbocycles. The van der Waals surface area contributed by atoms with Crippen LogP contribution < -0.4 is 10.2 Å². The van der Waals surface area contributed by atoms with Gasteiger partial charge < -0.3 is 14.6 Å². The molecule has 0 fully saturated rings. The van der Waals surface area contributed by atoms with E-state index in [1.54, 1.807) is 18.7 Å². The fraction of sp³-hybridized carbons (Fsp3) is 0.333. The van der Waals surface area contributed by atoms with Crippen molar-refractivity contribution < 1.29 is 4.42 Å². The summed E-state index contributed by atoms with van der Waals surface area (Å²) in [6, 6.07) is 1.97. The lowest BCUT2D eigenvalue weighted by Gasteiger charge is -2.17. The lowest BCUT2D eigenvalue weighted by atomic mass is 10.2. The summed E-state index contributed by atoms with van der Waals surface area (Å²) >= 11 is 0. The molecule has 0 aliphatic rings. The molecule has 1 N–H and O–H groups in total. The highest BCUT2D eigenvalue weighted by atomic mass is 16.3. The van der Waals surface area contributed by atoms with Crippen molar-refractivity contribution in [2.45, 2.75) is 13.5 Å². The Hall–Kier alpha value is -2.04. The molecule has 90 valence electrons. The summed E-state index contributed by atoms with van der Waals surface area (Å²) in [6.45, 7) is 2.71. The number of hydrogen-bond acceptors (Lipinski definition) is 5. The van der Waals surface area contributed by atoms with Crippen LogP contribution in [0.5, 0.6) is 0 Å². The van der Waals surface area contributed by atoms with Gasteiger partial charge in [-0.15, -0.1) is 0 Å². The Balaban J connectivity index is 2.14. The summed E-state index contributed by atoms with van der Waals surface area (Å²) in [6.07, 6.45) is 5.14. The van der Waals surface area contributed by atoms with Crippen molar-refractivity contribution in [3.63, 3.8) is 0 Å². The Morgan fingerprint density at radius 2 is 2.24 bits per heavy atom. The van der Waals surface area contributed by atoms with Gasteiger partial charge in [-0.1, -0.05) is 0 Å². The highest BCUT2D eigenvalue weighted by Gasteiger charge is 2.08. The van der Waals surface area contributed by atoms with E-state index in [0.717, 1.165) is 29.5 Å². The van der Waals surface area contributed by atoms with Gasteiger partial charge in [0.25, 0.3) is 0 Å². The van der Waals surface area contributed by atoms with Crippen LogP contribution in [0.15, 0.2) is 29.1 Å². The molecule has 0 radical (unpaired) electrons. The summed E-state index contributed by atoms with van der Waals surface area (Å²) in [5, 5.41) is 2.97. The largest absolute Gasteiger partial charge is 0.469 e. The van der Waals surface area contributed by atoms with Gasteiger partial charge in [-0.25, -0.2) is 4.98 Å². The predicted molar refractivity (Wildman–Crippen MR) is 67.1 cm³/mol. The first-order valence-corrected chi connectivity index (χ1v) is 5.44. The van der Waals surface area contributed by atoms with E-state index in [4.69, 9.17) is 4.42 Å². The quantitative estimate of drug-likeness (QED) is 0.874. The van der Waals surface area contributed by atoms with Crippen LogP contribution >= 0.6 is 0 Å². The Kier molecular flexibility index (Phi) is 3.27. The molecule has 2 rings (SSSR count). The molecule has 0 aliphatic heterocycles. The van der Waals surface area contributed by atoms with E-state index < -0.39 is 0 Å². The second-order valence-corrected chi connectivity index (χ2v) is 3.87. The average molecular weight is 232 g/mol. The number of aryl methyl sites for hydroxylation is 1. The van der Waals surface area contributed by atoms with Gasteiger partial charge in [0.2, 0.25) is 0 Å². The molecule has 5 nitrogen and oxygen atoms in total. The third-order valence-corrected chi connectivity index (χ3v) is 2.64. The van der Waals surface area contributed by atoms with Gasteiger partial charge in [0.1, 0.15) is 17.4 Å².